The molecule has 1 aliphatic rings. The van der Waals surface area contributed by atoms with E-state index in [0.717, 1.165) is 48.7 Å². The van der Waals surface area contributed by atoms with Gasteiger partial charge in [-0.1, -0.05) is 6.92 Å². The van der Waals surface area contributed by atoms with Crippen molar-refractivity contribution in [3.63, 3.8) is 0 Å². The minimum absolute atomic E-state index is 0.113. The van der Waals surface area contributed by atoms with Gasteiger partial charge >= 0.3 is 0 Å². The Kier molecular flexibility index (Phi) is 5.62. The summed E-state index contributed by atoms with van der Waals surface area (Å²) in [5, 5.41) is 0. The fraction of sp³-hybridized carbons (Fsp3) is 0.588. The average molecular weight is 291 g/mol. The third-order valence-electron chi connectivity index (χ3n) is 3.98. The molecule has 2 rings (SSSR count). The van der Waals surface area contributed by atoms with Crippen molar-refractivity contribution in [3.8, 4) is 5.75 Å². The molecule has 0 aliphatic carbocycles. The molecule has 1 saturated heterocycles. The quantitative estimate of drug-likeness (QED) is 0.836. The Labute approximate surface area is 127 Å². The van der Waals surface area contributed by atoms with Gasteiger partial charge < -0.3 is 14.4 Å². The van der Waals surface area contributed by atoms with E-state index in [-0.39, 0.29) is 5.91 Å². The van der Waals surface area contributed by atoms with Crippen molar-refractivity contribution in [2.75, 3.05) is 26.8 Å². The predicted octanol–water partition coefficient (Wildman–Crippen LogP) is 3.10. The van der Waals surface area contributed by atoms with Crippen LogP contribution >= 0.6 is 0 Å². The summed E-state index contributed by atoms with van der Waals surface area (Å²) in [6.45, 7) is 6.96. The molecule has 1 amide bonds. The molecule has 0 aromatic heterocycles. The van der Waals surface area contributed by atoms with Crippen LogP contribution in [0.3, 0.4) is 0 Å². The number of amides is 1. The molecular formula is C17H25NO3. The monoisotopic (exact) mass is 291 g/mol. The Morgan fingerprint density at radius 3 is 2.67 bits per heavy atom. The van der Waals surface area contributed by atoms with Crippen molar-refractivity contribution in [1.29, 1.82) is 0 Å². The molecular weight excluding hydrogens is 266 g/mol. The van der Waals surface area contributed by atoms with Crippen molar-refractivity contribution in [2.45, 2.75) is 33.3 Å². The molecule has 0 bridgehead atoms. The third-order valence-corrected chi connectivity index (χ3v) is 3.98. The van der Waals surface area contributed by atoms with Gasteiger partial charge in [0.05, 0.1) is 13.2 Å². The second-order valence-electron chi connectivity index (χ2n) is 5.66. The van der Waals surface area contributed by atoms with Crippen LogP contribution in [0.2, 0.25) is 0 Å². The number of carbonyl (C=O) groups is 1. The summed E-state index contributed by atoms with van der Waals surface area (Å²) in [6, 6.07) is 5.62. The Morgan fingerprint density at radius 1 is 1.33 bits per heavy atom. The first kappa shape index (κ1) is 15.8. The van der Waals surface area contributed by atoms with Gasteiger partial charge in [-0.3, -0.25) is 4.79 Å². The highest BCUT2D eigenvalue weighted by Crippen LogP contribution is 2.24. The Bertz CT molecular complexity index is 479. The summed E-state index contributed by atoms with van der Waals surface area (Å²) in [5.41, 5.74) is 1.65. The number of nitrogens with zero attached hydrogens (tertiary/aromatic N) is 1. The van der Waals surface area contributed by atoms with Gasteiger partial charge in [0, 0.05) is 31.3 Å². The Balaban J connectivity index is 2.15. The molecule has 1 aliphatic heterocycles. The predicted molar refractivity (Wildman–Crippen MR) is 82.6 cm³/mol. The van der Waals surface area contributed by atoms with Crippen LogP contribution in [-0.4, -0.2) is 37.6 Å². The molecule has 1 heterocycles. The summed E-state index contributed by atoms with van der Waals surface area (Å²) < 4.78 is 10.8. The maximum atomic E-state index is 12.6. The zero-order valence-electron chi connectivity index (χ0n) is 13.2. The van der Waals surface area contributed by atoms with Crippen molar-refractivity contribution in [2.24, 2.45) is 5.92 Å². The second kappa shape index (κ2) is 7.46. The SMILES string of the molecule is CCOc1ccc(C(=O)N2CCC(C)CC2)cc1COC. The molecule has 1 fully saturated rings. The summed E-state index contributed by atoms with van der Waals surface area (Å²) in [7, 11) is 1.65. The minimum Gasteiger partial charge on any atom is -0.494 e. The number of hydrogen-bond donors (Lipinski definition) is 0. The van der Waals surface area contributed by atoms with Gasteiger partial charge in [-0.15, -0.1) is 0 Å². The van der Waals surface area contributed by atoms with Gasteiger partial charge in [-0.05, 0) is 43.9 Å². The van der Waals surface area contributed by atoms with Gasteiger partial charge in [-0.2, -0.15) is 0 Å². The molecule has 0 radical (unpaired) electrons. The largest absolute Gasteiger partial charge is 0.494 e. The summed E-state index contributed by atoms with van der Waals surface area (Å²) in [6.07, 6.45) is 2.18. The van der Waals surface area contributed by atoms with Crippen LogP contribution < -0.4 is 4.74 Å². The lowest BCUT2D eigenvalue weighted by Crippen LogP contribution is -2.37. The van der Waals surface area contributed by atoms with Gasteiger partial charge in [0.15, 0.2) is 0 Å². The van der Waals surface area contributed by atoms with Crippen LogP contribution in [-0.2, 0) is 11.3 Å². The molecule has 0 N–H and O–H groups in total. The van der Waals surface area contributed by atoms with Crippen LogP contribution in [0.1, 0.15) is 42.6 Å². The van der Waals surface area contributed by atoms with E-state index >= 15 is 0 Å². The van der Waals surface area contributed by atoms with Crippen molar-refractivity contribution >= 4 is 5.91 Å². The first-order valence-corrected chi connectivity index (χ1v) is 7.69. The number of hydrogen-bond acceptors (Lipinski definition) is 3. The topological polar surface area (TPSA) is 38.8 Å². The van der Waals surface area contributed by atoms with Crippen LogP contribution in [0.25, 0.3) is 0 Å². The van der Waals surface area contributed by atoms with Gasteiger partial charge in [0.25, 0.3) is 5.91 Å². The zero-order valence-corrected chi connectivity index (χ0v) is 13.2. The number of piperidine rings is 1. The molecule has 0 saturated carbocycles. The minimum atomic E-state index is 0.113. The number of methoxy groups -OCH3 is 1. The molecule has 0 atom stereocenters. The van der Waals surface area contributed by atoms with Crippen molar-refractivity contribution < 1.29 is 14.3 Å². The van der Waals surface area contributed by atoms with Crippen LogP contribution in [0.4, 0.5) is 0 Å². The van der Waals surface area contributed by atoms with E-state index in [1.54, 1.807) is 7.11 Å². The molecule has 116 valence electrons. The van der Waals surface area contributed by atoms with E-state index in [9.17, 15) is 4.79 Å². The zero-order chi connectivity index (χ0) is 15.2. The standard InChI is InChI=1S/C17H25NO3/c1-4-21-16-6-5-14(11-15(16)12-20-3)17(19)18-9-7-13(2)8-10-18/h5-6,11,13H,4,7-10,12H2,1-3H3. The average Bonchev–Trinajstić information content (AvgIpc) is 2.49. The lowest BCUT2D eigenvalue weighted by Gasteiger charge is -2.30. The highest BCUT2D eigenvalue weighted by Gasteiger charge is 2.22. The Morgan fingerprint density at radius 2 is 2.05 bits per heavy atom. The number of rotatable bonds is 5. The smallest absolute Gasteiger partial charge is 0.253 e. The van der Waals surface area contributed by atoms with Gasteiger partial charge in [0.2, 0.25) is 0 Å². The molecule has 0 unspecified atom stereocenters. The second-order valence-corrected chi connectivity index (χ2v) is 5.66. The van der Waals surface area contributed by atoms with Crippen LogP contribution in [0, 0.1) is 5.92 Å². The van der Waals surface area contributed by atoms with E-state index in [1.165, 1.54) is 0 Å². The fourth-order valence-corrected chi connectivity index (χ4v) is 2.67. The highest BCUT2D eigenvalue weighted by atomic mass is 16.5. The van der Waals surface area contributed by atoms with Gasteiger partial charge in [-0.25, -0.2) is 0 Å². The van der Waals surface area contributed by atoms with Crippen LogP contribution in [0.15, 0.2) is 18.2 Å². The normalized spacial score (nSPS) is 16.0. The molecule has 1 aromatic carbocycles. The molecule has 0 spiro atoms. The van der Waals surface area contributed by atoms with E-state index in [1.807, 2.05) is 30.0 Å². The lowest BCUT2D eigenvalue weighted by molar-refractivity contribution is 0.0697. The van der Waals surface area contributed by atoms with E-state index in [2.05, 4.69) is 6.92 Å². The maximum absolute atomic E-state index is 12.6. The number of benzene rings is 1. The number of ether oxygens (including phenoxy) is 2. The summed E-state index contributed by atoms with van der Waals surface area (Å²) in [5.74, 6) is 1.63. The third kappa shape index (κ3) is 3.97. The molecule has 21 heavy (non-hydrogen) atoms. The molecule has 4 nitrogen and oxygen atoms in total. The van der Waals surface area contributed by atoms with E-state index in [0.29, 0.717) is 13.2 Å². The van der Waals surface area contributed by atoms with E-state index in [4.69, 9.17) is 9.47 Å². The van der Waals surface area contributed by atoms with Crippen molar-refractivity contribution in [3.05, 3.63) is 29.3 Å². The highest BCUT2D eigenvalue weighted by molar-refractivity contribution is 5.94. The number of likely N-dealkylation sites (tertiary alicyclic amines) is 1. The first-order chi connectivity index (χ1) is 10.2. The first-order valence-electron chi connectivity index (χ1n) is 7.69. The molecule has 1 aromatic rings. The van der Waals surface area contributed by atoms with E-state index < -0.39 is 0 Å². The van der Waals surface area contributed by atoms with Crippen LogP contribution in [0.5, 0.6) is 5.75 Å². The fourth-order valence-electron chi connectivity index (χ4n) is 2.67. The Hall–Kier alpha value is -1.55. The van der Waals surface area contributed by atoms with Gasteiger partial charge in [0.1, 0.15) is 5.75 Å². The lowest BCUT2D eigenvalue weighted by atomic mass is 9.98. The molecule has 4 heteroatoms. The summed E-state index contributed by atoms with van der Waals surface area (Å²) in [4.78, 5) is 14.5. The number of carbonyl (C=O) groups excluding carboxylic acids is 1. The maximum Gasteiger partial charge on any atom is 0.253 e. The van der Waals surface area contributed by atoms with Crippen molar-refractivity contribution in [1.82, 2.24) is 4.90 Å². The summed E-state index contributed by atoms with van der Waals surface area (Å²) >= 11 is 0.